The van der Waals surface area contributed by atoms with Crippen LogP contribution in [0.2, 0.25) is 0 Å². The molecule has 148 valence electrons. The molecule has 1 heterocycles. The Hall–Kier alpha value is -2.30. The minimum atomic E-state index is -0.314. The summed E-state index contributed by atoms with van der Waals surface area (Å²) in [4.78, 5) is 24.9. The van der Waals surface area contributed by atoms with Gasteiger partial charge in [0.2, 0.25) is 5.91 Å². The first-order valence-electron chi connectivity index (χ1n) is 10.5. The Balaban J connectivity index is 1.09. The number of carbonyl (C=O) groups excluding carboxylic acids is 2. The minimum Gasteiger partial charge on any atom is -0.457 e. The third-order valence-corrected chi connectivity index (χ3v) is 6.99. The maximum absolute atomic E-state index is 12.9. The molecule has 4 saturated carbocycles. The van der Waals surface area contributed by atoms with Crippen LogP contribution in [0.1, 0.15) is 50.7 Å². The van der Waals surface area contributed by atoms with Gasteiger partial charge in [0.15, 0.2) is 0 Å². The summed E-state index contributed by atoms with van der Waals surface area (Å²) in [5.74, 6) is 2.71. The van der Waals surface area contributed by atoms with Crippen LogP contribution in [0.5, 0.6) is 0 Å². The number of para-hydroxylation sites is 1. The van der Waals surface area contributed by atoms with E-state index in [4.69, 9.17) is 9.15 Å². The number of fused-ring (bicyclic) bond motifs is 1. The zero-order valence-electron chi connectivity index (χ0n) is 16.1. The van der Waals surface area contributed by atoms with Crippen molar-refractivity contribution in [3.05, 3.63) is 36.1 Å². The molecular formula is C23H27NO4. The van der Waals surface area contributed by atoms with Crippen molar-refractivity contribution in [3.63, 3.8) is 0 Å². The van der Waals surface area contributed by atoms with Crippen LogP contribution in [-0.2, 0) is 20.9 Å². The summed E-state index contributed by atoms with van der Waals surface area (Å²) < 4.78 is 11.0. The monoisotopic (exact) mass is 381 g/mol. The molecule has 0 unspecified atom stereocenters. The summed E-state index contributed by atoms with van der Waals surface area (Å²) in [7, 11) is 0. The second-order valence-corrected chi connectivity index (χ2v) is 9.12. The van der Waals surface area contributed by atoms with Gasteiger partial charge in [-0.1, -0.05) is 18.2 Å². The number of benzene rings is 1. The van der Waals surface area contributed by atoms with Gasteiger partial charge in [-0.15, -0.1) is 0 Å². The lowest BCUT2D eigenvalue weighted by atomic mass is 9.49. The lowest BCUT2D eigenvalue weighted by Crippen LogP contribution is -2.53. The quantitative estimate of drug-likeness (QED) is 0.762. The predicted octanol–water partition coefficient (Wildman–Crippen LogP) is 4.20. The fourth-order valence-electron chi connectivity index (χ4n) is 6.19. The zero-order valence-corrected chi connectivity index (χ0v) is 16.1. The average molecular weight is 381 g/mol. The smallest absolute Gasteiger partial charge is 0.308 e. The van der Waals surface area contributed by atoms with E-state index in [0.717, 1.165) is 48.0 Å². The van der Waals surface area contributed by atoms with Crippen molar-refractivity contribution in [1.29, 1.82) is 0 Å². The number of amides is 1. The number of carbonyl (C=O) groups is 2. The number of furan rings is 1. The third kappa shape index (κ3) is 3.31. The van der Waals surface area contributed by atoms with Crippen molar-refractivity contribution in [3.8, 4) is 0 Å². The molecule has 2 aromatic rings. The first-order valence-corrected chi connectivity index (χ1v) is 10.5. The van der Waals surface area contributed by atoms with E-state index in [1.807, 2.05) is 30.3 Å². The molecule has 5 heteroatoms. The molecule has 5 nitrogen and oxygen atoms in total. The Morgan fingerprint density at radius 2 is 1.75 bits per heavy atom. The molecule has 4 fully saturated rings. The van der Waals surface area contributed by atoms with Crippen LogP contribution in [0.4, 0.5) is 0 Å². The highest BCUT2D eigenvalue weighted by atomic mass is 16.5. The number of nitrogens with one attached hydrogen (secondary N) is 1. The summed E-state index contributed by atoms with van der Waals surface area (Å²) in [6.07, 6.45) is 7.28. The van der Waals surface area contributed by atoms with Crippen molar-refractivity contribution in [2.24, 2.45) is 23.2 Å². The van der Waals surface area contributed by atoms with Gasteiger partial charge >= 0.3 is 5.97 Å². The van der Waals surface area contributed by atoms with Crippen LogP contribution in [0.25, 0.3) is 11.0 Å². The number of esters is 1. The lowest BCUT2D eigenvalue weighted by Gasteiger charge is -2.55. The predicted molar refractivity (Wildman–Crippen MR) is 104 cm³/mol. The average Bonchev–Trinajstić information content (AvgIpc) is 3.08. The number of hydrogen-bond acceptors (Lipinski definition) is 4. The molecule has 4 aliphatic rings. The highest BCUT2D eigenvalue weighted by Crippen LogP contribution is 2.60. The van der Waals surface area contributed by atoms with Gasteiger partial charge in [-0.3, -0.25) is 9.59 Å². The van der Waals surface area contributed by atoms with Gasteiger partial charge in [-0.05, 0) is 68.4 Å². The fraction of sp³-hybridized carbons (Fsp3) is 0.565. The normalized spacial score (nSPS) is 30.5. The van der Waals surface area contributed by atoms with E-state index >= 15 is 0 Å². The Kier molecular flexibility index (Phi) is 4.41. The van der Waals surface area contributed by atoms with Gasteiger partial charge in [0, 0.05) is 17.3 Å². The van der Waals surface area contributed by atoms with Crippen LogP contribution < -0.4 is 5.32 Å². The van der Waals surface area contributed by atoms with Gasteiger partial charge in [0.05, 0.1) is 6.42 Å². The molecule has 0 spiro atoms. The van der Waals surface area contributed by atoms with E-state index in [1.54, 1.807) is 0 Å². The maximum Gasteiger partial charge on any atom is 0.308 e. The van der Waals surface area contributed by atoms with Crippen LogP contribution >= 0.6 is 0 Å². The molecule has 1 amide bonds. The standard InChI is InChI=1S/C23H27NO4/c25-21(27-14-19-10-18-3-1-2-4-20(18)28-19)5-6-24-22(26)23-11-15-7-16(12-23)9-17(8-15)13-23/h1-4,10,15-17H,5-9,11-14H2,(H,24,26). The number of ether oxygens (including phenoxy) is 1. The molecule has 4 bridgehead atoms. The van der Waals surface area contributed by atoms with Crippen LogP contribution in [-0.4, -0.2) is 18.4 Å². The summed E-state index contributed by atoms with van der Waals surface area (Å²) in [5, 5.41) is 4.02. The van der Waals surface area contributed by atoms with E-state index in [9.17, 15) is 9.59 Å². The molecule has 1 aromatic carbocycles. The summed E-state index contributed by atoms with van der Waals surface area (Å²) in [6, 6.07) is 9.59. The van der Waals surface area contributed by atoms with E-state index in [-0.39, 0.29) is 30.3 Å². The molecule has 4 aliphatic carbocycles. The van der Waals surface area contributed by atoms with E-state index < -0.39 is 0 Å². The van der Waals surface area contributed by atoms with Gasteiger partial charge in [0.1, 0.15) is 18.0 Å². The first kappa shape index (κ1) is 17.8. The Morgan fingerprint density at radius 1 is 1.07 bits per heavy atom. The van der Waals surface area contributed by atoms with Crippen LogP contribution in [0, 0.1) is 23.2 Å². The largest absolute Gasteiger partial charge is 0.457 e. The maximum atomic E-state index is 12.9. The van der Waals surface area contributed by atoms with Crippen molar-refractivity contribution < 1.29 is 18.7 Å². The second kappa shape index (κ2) is 6.94. The number of hydrogen-bond donors (Lipinski definition) is 1. The molecular weight excluding hydrogens is 354 g/mol. The minimum absolute atomic E-state index is 0.121. The van der Waals surface area contributed by atoms with Gasteiger partial charge < -0.3 is 14.5 Å². The molecule has 0 radical (unpaired) electrons. The number of rotatable bonds is 6. The van der Waals surface area contributed by atoms with Gasteiger partial charge in [0.25, 0.3) is 0 Å². The third-order valence-electron chi connectivity index (χ3n) is 6.99. The molecule has 1 aromatic heterocycles. The van der Waals surface area contributed by atoms with E-state index in [1.165, 1.54) is 19.3 Å². The Labute approximate surface area is 164 Å². The van der Waals surface area contributed by atoms with Gasteiger partial charge in [-0.2, -0.15) is 0 Å². The summed E-state index contributed by atoms with van der Waals surface area (Å²) in [5.41, 5.74) is 0.629. The lowest BCUT2D eigenvalue weighted by molar-refractivity contribution is -0.147. The molecule has 0 aliphatic heterocycles. The van der Waals surface area contributed by atoms with E-state index in [2.05, 4.69) is 5.32 Å². The van der Waals surface area contributed by atoms with Crippen molar-refractivity contribution >= 4 is 22.8 Å². The SMILES string of the molecule is O=C(CCNC(=O)C12CC3CC(CC(C3)C1)C2)OCc1cc2ccccc2o1. The molecule has 1 N–H and O–H groups in total. The Morgan fingerprint density at radius 3 is 2.43 bits per heavy atom. The summed E-state index contributed by atoms with van der Waals surface area (Å²) >= 11 is 0. The van der Waals surface area contributed by atoms with Crippen molar-refractivity contribution in [1.82, 2.24) is 5.32 Å². The highest BCUT2D eigenvalue weighted by molar-refractivity contribution is 5.83. The molecule has 0 atom stereocenters. The van der Waals surface area contributed by atoms with Crippen LogP contribution in [0.15, 0.2) is 34.7 Å². The fourth-order valence-corrected chi connectivity index (χ4v) is 6.19. The Bertz CT molecular complexity index is 831. The summed E-state index contributed by atoms with van der Waals surface area (Å²) in [6.45, 7) is 0.468. The molecule has 6 rings (SSSR count). The molecule has 28 heavy (non-hydrogen) atoms. The first-order chi connectivity index (χ1) is 13.6. The van der Waals surface area contributed by atoms with E-state index in [0.29, 0.717) is 12.3 Å². The van der Waals surface area contributed by atoms with Crippen molar-refractivity contribution in [2.75, 3.05) is 6.54 Å². The molecule has 0 saturated heterocycles. The van der Waals surface area contributed by atoms with Crippen LogP contribution in [0.3, 0.4) is 0 Å². The second-order valence-electron chi connectivity index (χ2n) is 9.12. The van der Waals surface area contributed by atoms with Crippen molar-refractivity contribution in [2.45, 2.75) is 51.6 Å². The van der Waals surface area contributed by atoms with Gasteiger partial charge in [-0.25, -0.2) is 0 Å². The zero-order chi connectivity index (χ0) is 19.1. The topological polar surface area (TPSA) is 68.5 Å². The highest BCUT2D eigenvalue weighted by Gasteiger charge is 2.54.